The van der Waals surface area contributed by atoms with E-state index in [4.69, 9.17) is 10.5 Å². The highest BCUT2D eigenvalue weighted by molar-refractivity contribution is 4.99. The Balaban J connectivity index is 1.98. The summed E-state index contributed by atoms with van der Waals surface area (Å²) in [6, 6.07) is 0. The molecular formula is C13H23F3N2O. The molecule has 0 aromatic rings. The minimum absolute atomic E-state index is 0.198. The molecule has 2 fully saturated rings. The van der Waals surface area contributed by atoms with Gasteiger partial charge in [0, 0.05) is 32.3 Å². The molecule has 0 bridgehead atoms. The lowest BCUT2D eigenvalue weighted by Gasteiger charge is -2.46. The average molecular weight is 280 g/mol. The van der Waals surface area contributed by atoms with Gasteiger partial charge in [0.05, 0.1) is 12.0 Å². The van der Waals surface area contributed by atoms with Crippen LogP contribution in [0.5, 0.6) is 0 Å². The summed E-state index contributed by atoms with van der Waals surface area (Å²) in [5.74, 6) is -1.15. The fourth-order valence-electron chi connectivity index (χ4n) is 3.48. The molecule has 112 valence electrons. The Bertz CT molecular complexity index is 301. The fraction of sp³-hybridized carbons (Fsp3) is 1.00. The van der Waals surface area contributed by atoms with Gasteiger partial charge in [0.25, 0.3) is 0 Å². The molecule has 0 spiro atoms. The summed E-state index contributed by atoms with van der Waals surface area (Å²) in [6.45, 7) is 2.12. The summed E-state index contributed by atoms with van der Waals surface area (Å²) in [5.41, 5.74) is 5.65. The molecule has 1 aliphatic heterocycles. The second-order valence-corrected chi connectivity index (χ2v) is 5.84. The summed E-state index contributed by atoms with van der Waals surface area (Å²) in [4.78, 5) is 2.26. The van der Waals surface area contributed by atoms with Crippen molar-refractivity contribution >= 4 is 0 Å². The van der Waals surface area contributed by atoms with Crippen LogP contribution >= 0.6 is 0 Å². The summed E-state index contributed by atoms with van der Waals surface area (Å²) in [6.07, 6.45) is -1.41. The van der Waals surface area contributed by atoms with E-state index in [9.17, 15) is 13.2 Å². The van der Waals surface area contributed by atoms with Gasteiger partial charge in [0.1, 0.15) is 0 Å². The normalized spacial score (nSPS) is 37.7. The van der Waals surface area contributed by atoms with E-state index in [0.717, 1.165) is 19.5 Å². The van der Waals surface area contributed by atoms with Crippen LogP contribution in [-0.4, -0.2) is 49.5 Å². The molecule has 0 amide bonds. The third-order valence-corrected chi connectivity index (χ3v) is 4.91. The van der Waals surface area contributed by atoms with Gasteiger partial charge >= 0.3 is 6.18 Å². The highest BCUT2D eigenvalue weighted by Crippen LogP contribution is 2.43. The first-order valence-electron chi connectivity index (χ1n) is 6.96. The molecule has 0 aromatic carbocycles. The lowest BCUT2D eigenvalue weighted by atomic mass is 9.75. The molecule has 1 saturated carbocycles. The zero-order valence-electron chi connectivity index (χ0n) is 11.4. The Morgan fingerprint density at radius 3 is 2.32 bits per heavy atom. The summed E-state index contributed by atoms with van der Waals surface area (Å²) in [7, 11) is 1.68. The van der Waals surface area contributed by atoms with E-state index in [1.807, 2.05) is 0 Å². The van der Waals surface area contributed by atoms with E-state index in [2.05, 4.69) is 4.90 Å². The largest absolute Gasteiger partial charge is 0.391 e. The molecule has 19 heavy (non-hydrogen) atoms. The van der Waals surface area contributed by atoms with E-state index in [1.54, 1.807) is 7.11 Å². The van der Waals surface area contributed by atoms with Crippen molar-refractivity contribution in [2.24, 2.45) is 11.7 Å². The second kappa shape index (κ2) is 5.58. The number of nitrogens with zero attached hydrogens (tertiary/aromatic N) is 1. The first kappa shape index (κ1) is 15.1. The molecule has 3 nitrogen and oxygen atoms in total. The average Bonchev–Trinajstić information content (AvgIpc) is 2.87. The molecular weight excluding hydrogens is 257 g/mol. The third-order valence-electron chi connectivity index (χ3n) is 4.91. The van der Waals surface area contributed by atoms with Gasteiger partial charge in [-0.05, 0) is 32.1 Å². The Morgan fingerprint density at radius 2 is 1.89 bits per heavy atom. The number of ether oxygens (including phenoxy) is 1. The van der Waals surface area contributed by atoms with Gasteiger partial charge in [0.15, 0.2) is 0 Å². The van der Waals surface area contributed by atoms with E-state index in [1.165, 1.54) is 0 Å². The molecule has 1 aliphatic carbocycles. The van der Waals surface area contributed by atoms with E-state index >= 15 is 0 Å². The molecule has 2 rings (SSSR count). The van der Waals surface area contributed by atoms with Crippen LogP contribution in [0.3, 0.4) is 0 Å². The van der Waals surface area contributed by atoms with Gasteiger partial charge in [-0.2, -0.15) is 13.2 Å². The quantitative estimate of drug-likeness (QED) is 0.861. The standard InChI is InChI=1S/C13H23F3N2O/c1-19-11-4-7-18(8-11)12(9-17)5-2-10(3-6-12)13(14,15)16/h10-11H,2-9,17H2,1H3. The maximum atomic E-state index is 12.7. The van der Waals surface area contributed by atoms with Crippen LogP contribution in [-0.2, 0) is 4.74 Å². The highest BCUT2D eigenvalue weighted by Gasteiger charge is 2.48. The Labute approximate surface area is 112 Å². The van der Waals surface area contributed by atoms with Crippen molar-refractivity contribution in [3.05, 3.63) is 0 Å². The molecule has 0 radical (unpaired) electrons. The van der Waals surface area contributed by atoms with Crippen molar-refractivity contribution < 1.29 is 17.9 Å². The van der Waals surface area contributed by atoms with Crippen molar-refractivity contribution in [1.29, 1.82) is 0 Å². The topological polar surface area (TPSA) is 38.5 Å². The van der Waals surface area contributed by atoms with Crippen molar-refractivity contribution in [1.82, 2.24) is 4.90 Å². The second-order valence-electron chi connectivity index (χ2n) is 5.84. The first-order chi connectivity index (χ1) is 8.91. The molecule has 0 aromatic heterocycles. The Kier molecular flexibility index (Phi) is 4.42. The molecule has 6 heteroatoms. The number of hydrogen-bond donors (Lipinski definition) is 1. The van der Waals surface area contributed by atoms with E-state index in [-0.39, 0.29) is 24.5 Å². The highest BCUT2D eigenvalue weighted by atomic mass is 19.4. The molecule has 2 aliphatic rings. The lowest BCUT2D eigenvalue weighted by molar-refractivity contribution is -0.188. The smallest absolute Gasteiger partial charge is 0.380 e. The van der Waals surface area contributed by atoms with Crippen LogP contribution < -0.4 is 5.73 Å². The SMILES string of the molecule is COC1CCN(C2(CN)CCC(C(F)(F)F)CC2)C1. The monoisotopic (exact) mass is 280 g/mol. The van der Waals surface area contributed by atoms with Crippen LogP contribution in [0.4, 0.5) is 13.2 Å². The first-order valence-corrected chi connectivity index (χ1v) is 6.96. The minimum Gasteiger partial charge on any atom is -0.380 e. The van der Waals surface area contributed by atoms with Crippen LogP contribution in [0, 0.1) is 5.92 Å². The number of hydrogen-bond acceptors (Lipinski definition) is 3. The van der Waals surface area contributed by atoms with E-state index in [0.29, 0.717) is 19.4 Å². The predicted molar refractivity (Wildman–Crippen MR) is 66.8 cm³/mol. The van der Waals surface area contributed by atoms with Crippen molar-refractivity contribution in [3.63, 3.8) is 0 Å². The number of methoxy groups -OCH3 is 1. The van der Waals surface area contributed by atoms with E-state index < -0.39 is 12.1 Å². The van der Waals surface area contributed by atoms with Crippen LogP contribution in [0.1, 0.15) is 32.1 Å². The number of likely N-dealkylation sites (tertiary alicyclic amines) is 1. The van der Waals surface area contributed by atoms with Gasteiger partial charge < -0.3 is 10.5 Å². The molecule has 1 unspecified atom stereocenters. The Morgan fingerprint density at radius 1 is 1.26 bits per heavy atom. The van der Waals surface area contributed by atoms with Crippen molar-refractivity contribution in [2.75, 3.05) is 26.7 Å². The molecule has 1 atom stereocenters. The molecule has 2 N–H and O–H groups in total. The van der Waals surface area contributed by atoms with Gasteiger partial charge in [-0.3, -0.25) is 4.90 Å². The summed E-state index contributed by atoms with van der Waals surface area (Å²) < 4.78 is 43.5. The summed E-state index contributed by atoms with van der Waals surface area (Å²) in [5, 5.41) is 0. The molecule has 1 saturated heterocycles. The summed E-state index contributed by atoms with van der Waals surface area (Å²) >= 11 is 0. The third kappa shape index (κ3) is 3.06. The lowest BCUT2D eigenvalue weighted by Crippen LogP contribution is -2.55. The number of alkyl halides is 3. The minimum atomic E-state index is -4.05. The zero-order valence-corrected chi connectivity index (χ0v) is 11.4. The predicted octanol–water partition coefficient (Wildman–Crippen LogP) is 2.16. The number of rotatable bonds is 3. The van der Waals surface area contributed by atoms with Crippen LogP contribution in [0.15, 0.2) is 0 Å². The number of halogens is 3. The zero-order chi connectivity index (χ0) is 14.1. The van der Waals surface area contributed by atoms with Gasteiger partial charge in [-0.25, -0.2) is 0 Å². The maximum absolute atomic E-state index is 12.7. The van der Waals surface area contributed by atoms with Crippen LogP contribution in [0.2, 0.25) is 0 Å². The number of nitrogens with two attached hydrogens (primary N) is 1. The van der Waals surface area contributed by atoms with Gasteiger partial charge in [-0.15, -0.1) is 0 Å². The fourth-order valence-corrected chi connectivity index (χ4v) is 3.48. The molecule has 1 heterocycles. The van der Waals surface area contributed by atoms with Crippen LogP contribution in [0.25, 0.3) is 0 Å². The van der Waals surface area contributed by atoms with Crippen molar-refractivity contribution in [2.45, 2.75) is 49.9 Å². The maximum Gasteiger partial charge on any atom is 0.391 e. The van der Waals surface area contributed by atoms with Crippen molar-refractivity contribution in [3.8, 4) is 0 Å². The van der Waals surface area contributed by atoms with Gasteiger partial charge in [-0.1, -0.05) is 0 Å². The Hall–Kier alpha value is -0.330. The van der Waals surface area contributed by atoms with Gasteiger partial charge in [0.2, 0.25) is 0 Å².